The second-order valence-corrected chi connectivity index (χ2v) is 6.45. The highest BCUT2D eigenvalue weighted by Gasteiger charge is 2.34. The van der Waals surface area contributed by atoms with Gasteiger partial charge < -0.3 is 14.2 Å². The number of hydrogen-bond acceptors (Lipinski definition) is 5. The molecule has 0 radical (unpaired) electrons. The number of aryl methyl sites for hydroxylation is 1. The van der Waals surface area contributed by atoms with Gasteiger partial charge in [-0.15, -0.1) is 0 Å². The molecule has 3 rings (SSSR count). The minimum absolute atomic E-state index is 0.0353. The predicted molar refractivity (Wildman–Crippen MR) is 92.9 cm³/mol. The third kappa shape index (κ3) is 4.25. The highest BCUT2D eigenvalue weighted by atomic mass is 16.5. The second-order valence-electron chi connectivity index (χ2n) is 6.45. The zero-order valence-electron chi connectivity index (χ0n) is 14.9. The Morgan fingerprint density at radius 2 is 2.20 bits per heavy atom. The topological polar surface area (TPSA) is 68.5 Å². The van der Waals surface area contributed by atoms with Gasteiger partial charge in [0, 0.05) is 18.5 Å². The highest BCUT2D eigenvalue weighted by molar-refractivity contribution is 5.78. The summed E-state index contributed by atoms with van der Waals surface area (Å²) in [5, 5.41) is 3.71. The van der Waals surface area contributed by atoms with Crippen molar-refractivity contribution in [3.05, 3.63) is 47.6 Å². The maximum absolute atomic E-state index is 12.6. The maximum Gasteiger partial charge on any atom is 0.252 e. The molecule has 0 aliphatic carbocycles. The molecule has 2 aromatic rings. The summed E-state index contributed by atoms with van der Waals surface area (Å²) in [6.07, 6.45) is 3.10. The van der Waals surface area contributed by atoms with E-state index in [4.69, 9.17) is 9.26 Å². The lowest BCUT2D eigenvalue weighted by Crippen LogP contribution is -2.41. The van der Waals surface area contributed by atoms with E-state index in [1.807, 2.05) is 11.0 Å². The summed E-state index contributed by atoms with van der Waals surface area (Å²) in [7, 11) is 0. The van der Waals surface area contributed by atoms with Gasteiger partial charge in [0.05, 0.1) is 0 Å². The summed E-state index contributed by atoms with van der Waals surface area (Å²) in [4.78, 5) is 18.7. The van der Waals surface area contributed by atoms with Crippen LogP contribution in [0.1, 0.15) is 49.4 Å². The quantitative estimate of drug-likeness (QED) is 0.773. The zero-order valence-corrected chi connectivity index (χ0v) is 14.9. The van der Waals surface area contributed by atoms with Gasteiger partial charge in [0.1, 0.15) is 13.2 Å². The molecule has 1 amide bonds. The molecular weight excluding hydrogens is 318 g/mol. The Kier molecular flexibility index (Phi) is 5.81. The first-order valence-electron chi connectivity index (χ1n) is 8.90. The summed E-state index contributed by atoms with van der Waals surface area (Å²) in [5.41, 5.74) is 1.30. The zero-order chi connectivity index (χ0) is 17.6. The van der Waals surface area contributed by atoms with Crippen LogP contribution in [0, 0.1) is 6.92 Å². The van der Waals surface area contributed by atoms with Gasteiger partial charge in [-0.25, -0.2) is 0 Å². The van der Waals surface area contributed by atoms with Crippen molar-refractivity contribution in [2.75, 3.05) is 13.2 Å². The van der Waals surface area contributed by atoms with Crippen molar-refractivity contribution in [2.45, 2.75) is 51.7 Å². The second kappa shape index (κ2) is 8.25. The van der Waals surface area contributed by atoms with Crippen LogP contribution in [0.25, 0.3) is 0 Å². The number of amides is 1. The summed E-state index contributed by atoms with van der Waals surface area (Å²) in [5.74, 6) is 1.37. The Morgan fingerprint density at radius 3 is 2.88 bits per heavy atom. The minimum Gasteiger partial charge on any atom is -0.362 e. The average Bonchev–Trinajstić information content (AvgIpc) is 3.26. The highest BCUT2D eigenvalue weighted by Crippen LogP contribution is 2.33. The molecule has 1 aromatic heterocycles. The molecule has 2 atom stereocenters. The molecule has 0 unspecified atom stereocenters. The van der Waals surface area contributed by atoms with Gasteiger partial charge >= 0.3 is 0 Å². The average molecular weight is 343 g/mol. The van der Waals surface area contributed by atoms with Crippen LogP contribution >= 0.6 is 0 Å². The molecule has 0 bridgehead atoms. The van der Waals surface area contributed by atoms with Crippen molar-refractivity contribution >= 4 is 5.91 Å². The van der Waals surface area contributed by atoms with Crippen molar-refractivity contribution in [3.8, 4) is 0 Å². The predicted octanol–water partition coefficient (Wildman–Crippen LogP) is 3.08. The molecule has 6 heteroatoms. The van der Waals surface area contributed by atoms with Gasteiger partial charge in [0.2, 0.25) is 5.91 Å². The molecule has 6 nitrogen and oxygen atoms in total. The van der Waals surface area contributed by atoms with Crippen molar-refractivity contribution < 1.29 is 14.1 Å². The van der Waals surface area contributed by atoms with Crippen LogP contribution in [0.4, 0.5) is 0 Å². The number of hydrogen-bond donors (Lipinski definition) is 0. The molecule has 25 heavy (non-hydrogen) atoms. The van der Waals surface area contributed by atoms with E-state index in [-0.39, 0.29) is 25.2 Å². The summed E-state index contributed by atoms with van der Waals surface area (Å²) in [6, 6.07) is 10.7. The largest absolute Gasteiger partial charge is 0.362 e. The first-order valence-corrected chi connectivity index (χ1v) is 8.90. The normalized spacial score (nSPS) is 18.5. The molecular formula is C19H25N3O3. The number of likely N-dealkylation sites (tertiary alicyclic amines) is 1. The van der Waals surface area contributed by atoms with Crippen molar-refractivity contribution in [1.82, 2.24) is 15.0 Å². The van der Waals surface area contributed by atoms with E-state index in [0.717, 1.165) is 25.8 Å². The van der Waals surface area contributed by atoms with E-state index in [9.17, 15) is 4.79 Å². The monoisotopic (exact) mass is 343 g/mol. The number of aromatic nitrogens is 2. The van der Waals surface area contributed by atoms with Crippen molar-refractivity contribution in [3.63, 3.8) is 0 Å². The fraction of sp³-hybridized carbons (Fsp3) is 0.526. The van der Waals surface area contributed by atoms with E-state index in [2.05, 4.69) is 41.3 Å². The van der Waals surface area contributed by atoms with Crippen LogP contribution in [0.15, 0.2) is 34.9 Å². The van der Waals surface area contributed by atoms with E-state index < -0.39 is 0 Å². The third-order valence-corrected chi connectivity index (χ3v) is 4.77. The summed E-state index contributed by atoms with van der Waals surface area (Å²) >= 11 is 0. The number of benzene rings is 1. The van der Waals surface area contributed by atoms with Crippen LogP contribution in [-0.2, 0) is 16.1 Å². The number of carbonyl (C=O) groups excluding carboxylic acids is 1. The Morgan fingerprint density at radius 1 is 1.40 bits per heavy atom. The fourth-order valence-electron chi connectivity index (χ4n) is 3.66. The molecule has 0 saturated carbocycles. The summed E-state index contributed by atoms with van der Waals surface area (Å²) < 4.78 is 10.5. The molecule has 2 heterocycles. The molecule has 0 N–H and O–H groups in total. The van der Waals surface area contributed by atoms with Crippen LogP contribution in [0.3, 0.4) is 0 Å². The Balaban J connectivity index is 1.59. The van der Waals surface area contributed by atoms with Crippen LogP contribution in [0.5, 0.6) is 0 Å². The molecule has 134 valence electrons. The van der Waals surface area contributed by atoms with Gasteiger partial charge in [-0.1, -0.05) is 42.4 Å². The van der Waals surface area contributed by atoms with Crippen LogP contribution in [0.2, 0.25) is 0 Å². The lowest BCUT2D eigenvalue weighted by molar-refractivity contribution is -0.138. The third-order valence-electron chi connectivity index (χ3n) is 4.77. The number of carbonyl (C=O) groups is 1. The van der Waals surface area contributed by atoms with Crippen LogP contribution < -0.4 is 0 Å². The fourth-order valence-corrected chi connectivity index (χ4v) is 3.66. The maximum atomic E-state index is 12.6. The van der Waals surface area contributed by atoms with Gasteiger partial charge in [-0.05, 0) is 31.7 Å². The SMILES string of the molecule is CC[C@H](c1ccccc1)[C@H]1CCCN1C(=O)COCc1nc(C)no1. The van der Waals surface area contributed by atoms with E-state index in [1.54, 1.807) is 6.92 Å². The Labute approximate surface area is 148 Å². The number of nitrogens with zero attached hydrogens (tertiary/aromatic N) is 3. The summed E-state index contributed by atoms with van der Waals surface area (Å²) in [6.45, 7) is 4.95. The van der Waals surface area contributed by atoms with Gasteiger partial charge in [-0.2, -0.15) is 4.98 Å². The lowest BCUT2D eigenvalue weighted by Gasteiger charge is -2.31. The van der Waals surface area contributed by atoms with Crippen molar-refractivity contribution in [2.24, 2.45) is 0 Å². The number of ether oxygens (including phenoxy) is 1. The van der Waals surface area contributed by atoms with Crippen molar-refractivity contribution in [1.29, 1.82) is 0 Å². The van der Waals surface area contributed by atoms with E-state index in [1.165, 1.54) is 5.56 Å². The molecule has 1 aliphatic rings. The smallest absolute Gasteiger partial charge is 0.252 e. The lowest BCUT2D eigenvalue weighted by atomic mass is 9.87. The van der Waals surface area contributed by atoms with Gasteiger partial charge in [0.15, 0.2) is 5.82 Å². The van der Waals surface area contributed by atoms with Gasteiger partial charge in [0.25, 0.3) is 5.89 Å². The molecule has 1 saturated heterocycles. The molecule has 0 spiro atoms. The molecule has 1 aromatic carbocycles. The van der Waals surface area contributed by atoms with Gasteiger partial charge in [-0.3, -0.25) is 4.79 Å². The Hall–Kier alpha value is -2.21. The van der Waals surface area contributed by atoms with Crippen LogP contribution in [-0.4, -0.2) is 40.1 Å². The molecule has 1 fully saturated rings. The minimum atomic E-state index is 0.0353. The first-order chi connectivity index (χ1) is 12.2. The van der Waals surface area contributed by atoms with E-state index >= 15 is 0 Å². The Bertz CT molecular complexity index is 686. The molecule has 1 aliphatic heterocycles. The standard InChI is InChI=1S/C19H25N3O3/c1-3-16(15-8-5-4-6-9-15)17-10-7-11-22(17)19(23)13-24-12-18-20-14(2)21-25-18/h4-6,8-9,16-17H,3,7,10-13H2,1-2H3/t16-,17-/m1/s1. The number of rotatable bonds is 7. The first kappa shape index (κ1) is 17.6. The van der Waals surface area contributed by atoms with E-state index in [0.29, 0.717) is 17.6 Å².